The lowest BCUT2D eigenvalue weighted by Crippen LogP contribution is -2.18. The largest absolute Gasteiger partial charge is 0.455 e. The van der Waals surface area contributed by atoms with Crippen molar-refractivity contribution in [3.05, 3.63) is 46.2 Å². The van der Waals surface area contributed by atoms with Crippen LogP contribution in [0.3, 0.4) is 0 Å². The highest BCUT2D eigenvalue weighted by Gasteiger charge is 2.22. The summed E-state index contributed by atoms with van der Waals surface area (Å²) in [5, 5.41) is 2.77. The molecule has 24 heavy (non-hydrogen) atoms. The SMILES string of the molecule is CCOC(C)c1nc(CC(=O)OC(c2ccccn2)C(C)C)cs1. The van der Waals surface area contributed by atoms with Gasteiger partial charge < -0.3 is 9.47 Å². The highest BCUT2D eigenvalue weighted by atomic mass is 32.1. The van der Waals surface area contributed by atoms with E-state index in [1.807, 2.05) is 51.3 Å². The summed E-state index contributed by atoms with van der Waals surface area (Å²) in [5.74, 6) is -0.145. The van der Waals surface area contributed by atoms with Crippen molar-refractivity contribution in [3.8, 4) is 0 Å². The van der Waals surface area contributed by atoms with Gasteiger partial charge in [0.1, 0.15) is 17.2 Å². The fourth-order valence-corrected chi connectivity index (χ4v) is 3.15. The van der Waals surface area contributed by atoms with Gasteiger partial charge in [-0.3, -0.25) is 9.78 Å². The van der Waals surface area contributed by atoms with Gasteiger partial charge in [-0.2, -0.15) is 0 Å². The Balaban J connectivity index is 1.99. The Morgan fingerprint density at radius 3 is 2.71 bits per heavy atom. The zero-order valence-electron chi connectivity index (χ0n) is 14.6. The Morgan fingerprint density at radius 2 is 2.08 bits per heavy atom. The number of ether oxygens (including phenoxy) is 2. The van der Waals surface area contributed by atoms with Gasteiger partial charge in [0.05, 0.1) is 17.8 Å². The van der Waals surface area contributed by atoms with Crippen molar-refractivity contribution in [2.75, 3.05) is 6.61 Å². The minimum absolute atomic E-state index is 0.0540. The molecule has 0 saturated heterocycles. The van der Waals surface area contributed by atoms with Gasteiger partial charge in [-0.15, -0.1) is 11.3 Å². The second-order valence-corrected chi connectivity index (χ2v) is 6.75. The molecule has 2 aromatic heterocycles. The van der Waals surface area contributed by atoms with E-state index in [2.05, 4.69) is 9.97 Å². The molecule has 0 aliphatic heterocycles. The Morgan fingerprint density at radius 1 is 1.29 bits per heavy atom. The van der Waals surface area contributed by atoms with Gasteiger partial charge in [-0.25, -0.2) is 4.98 Å². The van der Waals surface area contributed by atoms with Gasteiger partial charge in [0.2, 0.25) is 0 Å². The van der Waals surface area contributed by atoms with E-state index >= 15 is 0 Å². The molecule has 0 amide bonds. The highest BCUT2D eigenvalue weighted by Crippen LogP contribution is 2.25. The molecule has 2 rings (SSSR count). The first-order valence-corrected chi connectivity index (χ1v) is 9.05. The van der Waals surface area contributed by atoms with Gasteiger partial charge in [-0.1, -0.05) is 19.9 Å². The Kier molecular flexibility index (Phi) is 6.87. The van der Waals surface area contributed by atoms with Crippen LogP contribution in [0.15, 0.2) is 29.8 Å². The summed E-state index contributed by atoms with van der Waals surface area (Å²) in [6.45, 7) is 8.57. The molecule has 5 nitrogen and oxygen atoms in total. The average molecular weight is 348 g/mol. The van der Waals surface area contributed by atoms with Crippen LogP contribution in [0.1, 0.15) is 56.3 Å². The summed E-state index contributed by atoms with van der Waals surface area (Å²) in [4.78, 5) is 21.1. The van der Waals surface area contributed by atoms with E-state index in [4.69, 9.17) is 9.47 Å². The minimum atomic E-state index is -0.348. The molecule has 2 heterocycles. The first-order valence-electron chi connectivity index (χ1n) is 8.17. The van der Waals surface area contributed by atoms with Crippen LogP contribution in [0.2, 0.25) is 0 Å². The van der Waals surface area contributed by atoms with Crippen LogP contribution >= 0.6 is 11.3 Å². The Labute approximate surface area is 147 Å². The molecular weight excluding hydrogens is 324 g/mol. The van der Waals surface area contributed by atoms with Crippen molar-refractivity contribution in [1.82, 2.24) is 9.97 Å². The summed E-state index contributed by atoms with van der Waals surface area (Å²) in [7, 11) is 0. The monoisotopic (exact) mass is 348 g/mol. The molecular formula is C18H24N2O3S. The third-order valence-electron chi connectivity index (χ3n) is 3.50. The van der Waals surface area contributed by atoms with E-state index in [-0.39, 0.29) is 30.5 Å². The smallest absolute Gasteiger partial charge is 0.312 e. The summed E-state index contributed by atoms with van der Waals surface area (Å²) in [6.07, 6.45) is 1.46. The number of pyridine rings is 1. The maximum Gasteiger partial charge on any atom is 0.312 e. The van der Waals surface area contributed by atoms with Gasteiger partial charge in [-0.05, 0) is 31.9 Å². The summed E-state index contributed by atoms with van der Waals surface area (Å²) >= 11 is 1.50. The fourth-order valence-electron chi connectivity index (χ4n) is 2.33. The standard InChI is InChI=1S/C18H24N2O3S/c1-5-22-13(4)18-20-14(11-24-18)10-16(21)23-17(12(2)3)15-8-6-7-9-19-15/h6-9,11-13,17H,5,10H2,1-4H3. The number of aromatic nitrogens is 2. The second kappa shape index (κ2) is 8.89. The maximum atomic E-state index is 12.3. The zero-order chi connectivity index (χ0) is 17.5. The van der Waals surface area contributed by atoms with Crippen LogP contribution in [-0.4, -0.2) is 22.5 Å². The van der Waals surface area contributed by atoms with Crippen molar-refractivity contribution >= 4 is 17.3 Å². The van der Waals surface area contributed by atoms with Gasteiger partial charge in [0.25, 0.3) is 0 Å². The Hall–Kier alpha value is -1.79. The van der Waals surface area contributed by atoms with Crippen LogP contribution in [0.5, 0.6) is 0 Å². The van der Waals surface area contributed by atoms with E-state index < -0.39 is 0 Å². The van der Waals surface area contributed by atoms with Crippen LogP contribution in [0.4, 0.5) is 0 Å². The normalized spacial score (nSPS) is 13.7. The molecule has 0 bridgehead atoms. The van der Waals surface area contributed by atoms with Crippen LogP contribution in [0, 0.1) is 5.92 Å². The molecule has 2 unspecified atom stereocenters. The molecule has 2 atom stereocenters. The first kappa shape index (κ1) is 18.5. The molecule has 2 aromatic rings. The number of hydrogen-bond donors (Lipinski definition) is 0. The average Bonchev–Trinajstić information content (AvgIpc) is 3.02. The molecule has 0 aromatic carbocycles. The number of nitrogens with zero attached hydrogens (tertiary/aromatic N) is 2. The second-order valence-electron chi connectivity index (χ2n) is 5.86. The molecule has 130 valence electrons. The molecule has 0 fully saturated rings. The lowest BCUT2D eigenvalue weighted by atomic mass is 10.0. The molecule has 0 radical (unpaired) electrons. The molecule has 6 heteroatoms. The van der Waals surface area contributed by atoms with E-state index in [0.717, 1.165) is 16.4 Å². The number of hydrogen-bond acceptors (Lipinski definition) is 6. The number of carbonyl (C=O) groups excluding carboxylic acids is 1. The third-order valence-corrected chi connectivity index (χ3v) is 4.56. The highest BCUT2D eigenvalue weighted by molar-refractivity contribution is 7.09. The van der Waals surface area contributed by atoms with Gasteiger partial charge >= 0.3 is 5.97 Å². The summed E-state index contributed by atoms with van der Waals surface area (Å²) < 4.78 is 11.2. The number of rotatable bonds is 8. The lowest BCUT2D eigenvalue weighted by molar-refractivity contribution is -0.151. The number of esters is 1. The van der Waals surface area contributed by atoms with Crippen LogP contribution in [-0.2, 0) is 20.7 Å². The number of carbonyl (C=O) groups is 1. The van der Waals surface area contributed by atoms with Gasteiger partial charge in [0, 0.05) is 18.2 Å². The molecule has 0 aliphatic rings. The minimum Gasteiger partial charge on any atom is -0.455 e. The van der Waals surface area contributed by atoms with Crippen molar-refractivity contribution in [1.29, 1.82) is 0 Å². The predicted octanol–water partition coefficient (Wildman–Crippen LogP) is 4.12. The maximum absolute atomic E-state index is 12.3. The van der Waals surface area contributed by atoms with E-state index in [9.17, 15) is 4.79 Å². The summed E-state index contributed by atoms with van der Waals surface area (Å²) in [5.41, 5.74) is 1.49. The van der Waals surface area contributed by atoms with Gasteiger partial charge in [0.15, 0.2) is 0 Å². The Bertz CT molecular complexity index is 643. The fraction of sp³-hybridized carbons (Fsp3) is 0.500. The zero-order valence-corrected chi connectivity index (χ0v) is 15.4. The number of thiazole rings is 1. The van der Waals surface area contributed by atoms with E-state index in [1.54, 1.807) is 6.20 Å². The van der Waals surface area contributed by atoms with Crippen molar-refractivity contribution in [3.63, 3.8) is 0 Å². The lowest BCUT2D eigenvalue weighted by Gasteiger charge is -2.20. The van der Waals surface area contributed by atoms with E-state index in [0.29, 0.717) is 6.61 Å². The quantitative estimate of drug-likeness (QED) is 0.672. The predicted molar refractivity (Wildman–Crippen MR) is 93.8 cm³/mol. The van der Waals surface area contributed by atoms with E-state index in [1.165, 1.54) is 11.3 Å². The first-order chi connectivity index (χ1) is 11.5. The molecule has 0 aliphatic carbocycles. The molecule has 0 spiro atoms. The van der Waals surface area contributed by atoms with Crippen LogP contribution in [0.25, 0.3) is 0 Å². The van der Waals surface area contributed by atoms with Crippen molar-refractivity contribution in [2.24, 2.45) is 5.92 Å². The van der Waals surface area contributed by atoms with Crippen molar-refractivity contribution in [2.45, 2.75) is 46.3 Å². The van der Waals surface area contributed by atoms with Crippen LogP contribution < -0.4 is 0 Å². The topological polar surface area (TPSA) is 61.3 Å². The molecule has 0 N–H and O–H groups in total. The third kappa shape index (κ3) is 5.11. The van der Waals surface area contributed by atoms with Crippen molar-refractivity contribution < 1.29 is 14.3 Å². The molecule has 0 saturated carbocycles. The summed E-state index contributed by atoms with van der Waals surface area (Å²) in [6, 6.07) is 5.62.